The number of nitrogens with one attached hydrogen (secondary N) is 2. The normalized spacial score (nSPS) is 15.9. The zero-order valence-corrected chi connectivity index (χ0v) is 14.0. The molecule has 3 aromatic rings. The molecule has 0 radical (unpaired) electrons. The standard InChI is InChI=1S/C19H18N4O2/c1-11-7-8-13(9-12(11)2)20-17(24)10-16-18(25)22-19-21-14-5-3-4-6-15(14)23(16)19/h3-9,16H,10H2,1-2H3,(H,20,24)(H,21,22,25)/t16-/m0/s1. The fraction of sp³-hybridized carbons (Fsp3) is 0.211. The van der Waals surface area contributed by atoms with Crippen LogP contribution in [0.5, 0.6) is 0 Å². The smallest absolute Gasteiger partial charge is 0.250 e. The van der Waals surface area contributed by atoms with Crippen LogP contribution in [0.1, 0.15) is 23.6 Å². The van der Waals surface area contributed by atoms with E-state index in [-0.39, 0.29) is 18.2 Å². The number of rotatable bonds is 3. The van der Waals surface area contributed by atoms with Crippen LogP contribution >= 0.6 is 0 Å². The molecule has 6 nitrogen and oxygen atoms in total. The SMILES string of the molecule is Cc1ccc(NC(=O)C[C@H]2C(=O)Nc3nc4ccccc4n32)cc1C. The summed E-state index contributed by atoms with van der Waals surface area (Å²) in [6.45, 7) is 4.02. The number of carbonyl (C=O) groups excluding carboxylic acids is 2. The number of anilines is 2. The Hall–Kier alpha value is -3.15. The lowest BCUT2D eigenvalue weighted by atomic mass is 10.1. The molecule has 0 unspecified atom stereocenters. The number of benzene rings is 2. The second-order valence-electron chi connectivity index (χ2n) is 6.35. The molecule has 0 saturated carbocycles. The summed E-state index contributed by atoms with van der Waals surface area (Å²) < 4.78 is 1.80. The van der Waals surface area contributed by atoms with Crippen molar-refractivity contribution in [3.8, 4) is 0 Å². The summed E-state index contributed by atoms with van der Waals surface area (Å²) in [5.74, 6) is 0.0905. The largest absolute Gasteiger partial charge is 0.326 e. The van der Waals surface area contributed by atoms with Gasteiger partial charge in [0.05, 0.1) is 17.5 Å². The van der Waals surface area contributed by atoms with Crippen LogP contribution in [0, 0.1) is 13.8 Å². The minimum Gasteiger partial charge on any atom is -0.326 e. The molecule has 2 N–H and O–H groups in total. The van der Waals surface area contributed by atoms with Crippen molar-refractivity contribution in [3.63, 3.8) is 0 Å². The predicted octanol–water partition coefficient (Wildman–Crippen LogP) is 3.18. The topological polar surface area (TPSA) is 76.0 Å². The highest BCUT2D eigenvalue weighted by atomic mass is 16.2. The Kier molecular flexibility index (Phi) is 3.53. The van der Waals surface area contributed by atoms with Gasteiger partial charge in [0.1, 0.15) is 6.04 Å². The Bertz CT molecular complexity index is 1010. The molecule has 0 aliphatic carbocycles. The molecule has 2 aromatic carbocycles. The van der Waals surface area contributed by atoms with Gasteiger partial charge >= 0.3 is 0 Å². The van der Waals surface area contributed by atoms with E-state index in [2.05, 4.69) is 15.6 Å². The minimum atomic E-state index is -0.589. The van der Waals surface area contributed by atoms with Gasteiger partial charge in [-0.25, -0.2) is 4.98 Å². The first-order valence-corrected chi connectivity index (χ1v) is 8.18. The maximum atomic E-state index is 12.5. The Morgan fingerprint density at radius 1 is 1.20 bits per heavy atom. The zero-order chi connectivity index (χ0) is 17.6. The van der Waals surface area contributed by atoms with E-state index in [0.29, 0.717) is 5.95 Å². The molecular formula is C19H18N4O2. The molecular weight excluding hydrogens is 316 g/mol. The van der Waals surface area contributed by atoms with Gasteiger partial charge in [-0.2, -0.15) is 0 Å². The highest BCUT2D eigenvalue weighted by molar-refractivity contribution is 6.03. The van der Waals surface area contributed by atoms with Gasteiger partial charge in [0.25, 0.3) is 0 Å². The highest BCUT2D eigenvalue weighted by Gasteiger charge is 2.34. The lowest BCUT2D eigenvalue weighted by molar-refractivity contribution is -0.123. The van der Waals surface area contributed by atoms with Crippen molar-refractivity contribution >= 4 is 34.5 Å². The van der Waals surface area contributed by atoms with Gasteiger partial charge in [0.15, 0.2) is 0 Å². The van der Waals surface area contributed by atoms with Crippen LogP contribution in [0.15, 0.2) is 42.5 Å². The van der Waals surface area contributed by atoms with E-state index in [1.165, 1.54) is 5.56 Å². The fourth-order valence-corrected chi connectivity index (χ4v) is 3.15. The number of aryl methyl sites for hydroxylation is 2. The van der Waals surface area contributed by atoms with Crippen molar-refractivity contribution < 1.29 is 9.59 Å². The van der Waals surface area contributed by atoms with Crippen molar-refractivity contribution in [2.24, 2.45) is 0 Å². The van der Waals surface area contributed by atoms with Crippen LogP contribution in [-0.4, -0.2) is 21.4 Å². The summed E-state index contributed by atoms with van der Waals surface area (Å²) in [6.07, 6.45) is 0.0616. The molecule has 0 spiro atoms. The average molecular weight is 334 g/mol. The molecule has 126 valence electrons. The summed E-state index contributed by atoms with van der Waals surface area (Å²) in [5, 5.41) is 5.63. The monoisotopic (exact) mass is 334 g/mol. The zero-order valence-electron chi connectivity index (χ0n) is 14.0. The number of hydrogen-bond donors (Lipinski definition) is 2. The van der Waals surface area contributed by atoms with Crippen LogP contribution in [-0.2, 0) is 9.59 Å². The highest BCUT2D eigenvalue weighted by Crippen LogP contribution is 2.32. The van der Waals surface area contributed by atoms with Gasteiger partial charge in [-0.1, -0.05) is 18.2 Å². The van der Waals surface area contributed by atoms with Crippen LogP contribution < -0.4 is 10.6 Å². The number of hydrogen-bond acceptors (Lipinski definition) is 3. The first kappa shape index (κ1) is 15.4. The molecule has 2 amide bonds. The van der Waals surface area contributed by atoms with Crippen molar-refractivity contribution in [1.29, 1.82) is 0 Å². The first-order valence-electron chi connectivity index (χ1n) is 8.18. The number of aromatic nitrogens is 2. The Morgan fingerprint density at radius 2 is 2.00 bits per heavy atom. The second kappa shape index (κ2) is 5.73. The predicted molar refractivity (Wildman–Crippen MR) is 96.6 cm³/mol. The molecule has 0 fully saturated rings. The van der Waals surface area contributed by atoms with Crippen LogP contribution in [0.2, 0.25) is 0 Å². The quantitative estimate of drug-likeness (QED) is 0.772. The van der Waals surface area contributed by atoms with Gasteiger partial charge in [-0.3, -0.25) is 19.5 Å². The third-order valence-corrected chi connectivity index (χ3v) is 4.61. The number of amides is 2. The Balaban J connectivity index is 1.57. The van der Waals surface area contributed by atoms with Gasteiger partial charge in [-0.05, 0) is 49.2 Å². The number of imidazole rings is 1. The number of carbonyl (C=O) groups is 2. The number of para-hydroxylation sites is 2. The lowest BCUT2D eigenvalue weighted by Crippen LogP contribution is -2.23. The summed E-state index contributed by atoms with van der Waals surface area (Å²) in [6, 6.07) is 12.8. The van der Waals surface area contributed by atoms with Gasteiger partial charge in [0, 0.05) is 5.69 Å². The van der Waals surface area contributed by atoms with E-state index in [4.69, 9.17) is 0 Å². The summed E-state index contributed by atoms with van der Waals surface area (Å²) in [5.41, 5.74) is 4.67. The molecule has 6 heteroatoms. The molecule has 0 bridgehead atoms. The molecule has 1 aliphatic rings. The van der Waals surface area contributed by atoms with Crippen molar-refractivity contribution in [2.45, 2.75) is 26.3 Å². The van der Waals surface area contributed by atoms with Crippen molar-refractivity contribution in [2.75, 3.05) is 10.6 Å². The Labute approximate surface area is 144 Å². The molecule has 2 heterocycles. The van der Waals surface area contributed by atoms with Gasteiger partial charge < -0.3 is 5.32 Å². The molecule has 1 atom stereocenters. The first-order chi connectivity index (χ1) is 12.0. The average Bonchev–Trinajstić information content (AvgIpc) is 3.07. The summed E-state index contributed by atoms with van der Waals surface area (Å²) >= 11 is 0. The molecule has 1 aliphatic heterocycles. The number of nitrogens with zero attached hydrogens (tertiary/aromatic N) is 2. The van der Waals surface area contributed by atoms with Crippen LogP contribution in [0.3, 0.4) is 0 Å². The molecule has 1 aromatic heterocycles. The molecule has 25 heavy (non-hydrogen) atoms. The minimum absolute atomic E-state index is 0.0616. The van der Waals surface area contributed by atoms with Crippen LogP contribution in [0.25, 0.3) is 11.0 Å². The third kappa shape index (κ3) is 2.65. The second-order valence-corrected chi connectivity index (χ2v) is 6.35. The summed E-state index contributed by atoms with van der Waals surface area (Å²) in [4.78, 5) is 29.1. The van der Waals surface area contributed by atoms with E-state index in [9.17, 15) is 9.59 Å². The van der Waals surface area contributed by atoms with Crippen molar-refractivity contribution in [1.82, 2.24) is 9.55 Å². The lowest BCUT2D eigenvalue weighted by Gasteiger charge is -2.12. The van der Waals surface area contributed by atoms with E-state index in [1.54, 1.807) is 4.57 Å². The Morgan fingerprint density at radius 3 is 2.80 bits per heavy atom. The van der Waals surface area contributed by atoms with E-state index in [1.807, 2.05) is 56.3 Å². The van der Waals surface area contributed by atoms with E-state index >= 15 is 0 Å². The molecule has 0 saturated heterocycles. The fourth-order valence-electron chi connectivity index (χ4n) is 3.15. The summed E-state index contributed by atoms with van der Waals surface area (Å²) in [7, 11) is 0. The van der Waals surface area contributed by atoms with E-state index < -0.39 is 6.04 Å². The number of fused-ring (bicyclic) bond motifs is 3. The molecule has 4 rings (SSSR count). The van der Waals surface area contributed by atoms with Gasteiger partial charge in [0.2, 0.25) is 17.8 Å². The third-order valence-electron chi connectivity index (χ3n) is 4.61. The van der Waals surface area contributed by atoms with E-state index in [0.717, 1.165) is 22.3 Å². The maximum absolute atomic E-state index is 12.5. The van der Waals surface area contributed by atoms with Gasteiger partial charge in [-0.15, -0.1) is 0 Å². The van der Waals surface area contributed by atoms with Crippen LogP contribution in [0.4, 0.5) is 11.6 Å². The maximum Gasteiger partial charge on any atom is 0.250 e. The van der Waals surface area contributed by atoms with Crippen molar-refractivity contribution in [3.05, 3.63) is 53.6 Å².